The first kappa shape index (κ1) is 17.1. The van der Waals surface area contributed by atoms with Crippen molar-refractivity contribution >= 4 is 28.9 Å². The Morgan fingerprint density at radius 2 is 2.17 bits per heavy atom. The number of hydrogen-bond acceptors (Lipinski definition) is 6. The molecule has 9 heteroatoms. The molecule has 0 spiro atoms. The van der Waals surface area contributed by atoms with Gasteiger partial charge in [-0.3, -0.25) is 19.1 Å². The Morgan fingerprint density at radius 3 is 2.78 bits per heavy atom. The largest absolute Gasteiger partial charge is 0.468 e. The number of rotatable bonds is 5. The molecule has 1 unspecified atom stereocenters. The summed E-state index contributed by atoms with van der Waals surface area (Å²) in [5, 5.41) is -0.0139. The molecule has 23 heavy (non-hydrogen) atoms. The first-order valence-electron chi connectivity index (χ1n) is 6.95. The van der Waals surface area contributed by atoms with Crippen LogP contribution in [-0.2, 0) is 23.1 Å². The highest BCUT2D eigenvalue weighted by Gasteiger charge is 2.22. The van der Waals surface area contributed by atoms with Crippen LogP contribution in [0.15, 0.2) is 26.9 Å². The minimum absolute atomic E-state index is 0.280. The van der Waals surface area contributed by atoms with E-state index in [0.29, 0.717) is 17.2 Å². The van der Waals surface area contributed by atoms with Crippen LogP contribution in [0.4, 0.5) is 0 Å². The molecule has 0 fully saturated rings. The quantitative estimate of drug-likeness (QED) is 0.488. The van der Waals surface area contributed by atoms with Crippen molar-refractivity contribution < 1.29 is 9.53 Å². The SMILES string of the molecule is CC=CCn1c(SC(C)C(=O)OC)nc2c1c(=O)[nH]c(=O)n2C. The standard InChI is InChI=1S/C14H18N4O4S/c1-5-6-7-18-9-10(17(3)13(21)16-11(9)19)15-14(18)23-8(2)12(20)22-4/h5-6,8H,7H2,1-4H3,(H,16,19,21). The topological polar surface area (TPSA) is 99.0 Å². The highest BCUT2D eigenvalue weighted by Crippen LogP contribution is 2.26. The Kier molecular flexibility index (Phi) is 5.09. The van der Waals surface area contributed by atoms with Crippen molar-refractivity contribution in [1.82, 2.24) is 19.1 Å². The van der Waals surface area contributed by atoms with Gasteiger partial charge in [0.2, 0.25) is 0 Å². The summed E-state index contributed by atoms with van der Waals surface area (Å²) in [4.78, 5) is 42.2. The molecule has 8 nitrogen and oxygen atoms in total. The number of ether oxygens (including phenoxy) is 1. The number of carbonyl (C=O) groups excluding carboxylic acids is 1. The second-order valence-electron chi connectivity index (χ2n) is 4.85. The fraction of sp³-hybridized carbons (Fsp3) is 0.429. The number of methoxy groups -OCH3 is 1. The van der Waals surface area contributed by atoms with Crippen molar-refractivity contribution in [2.45, 2.75) is 30.8 Å². The van der Waals surface area contributed by atoms with E-state index < -0.39 is 16.5 Å². The molecule has 0 aromatic carbocycles. The van der Waals surface area contributed by atoms with Crippen molar-refractivity contribution in [3.63, 3.8) is 0 Å². The fourth-order valence-corrected chi connectivity index (χ4v) is 3.00. The highest BCUT2D eigenvalue weighted by molar-refractivity contribution is 8.00. The number of aromatic nitrogens is 4. The van der Waals surface area contributed by atoms with Crippen LogP contribution in [-0.4, -0.2) is 37.4 Å². The molecule has 2 aromatic rings. The Labute approximate surface area is 136 Å². The molecule has 2 aromatic heterocycles. The van der Waals surface area contributed by atoms with Crippen LogP contribution in [0.2, 0.25) is 0 Å². The molecule has 2 heterocycles. The maximum absolute atomic E-state index is 12.2. The maximum atomic E-state index is 12.2. The summed E-state index contributed by atoms with van der Waals surface area (Å²) in [6.45, 7) is 3.96. The summed E-state index contributed by atoms with van der Waals surface area (Å²) in [6.07, 6.45) is 3.71. The molecule has 2 rings (SSSR count). The van der Waals surface area contributed by atoms with E-state index in [4.69, 9.17) is 4.74 Å². The van der Waals surface area contributed by atoms with Crippen LogP contribution in [0.3, 0.4) is 0 Å². The third-order valence-corrected chi connectivity index (χ3v) is 4.38. The summed E-state index contributed by atoms with van der Waals surface area (Å²) < 4.78 is 7.66. The normalized spacial score (nSPS) is 12.9. The second kappa shape index (κ2) is 6.86. The van der Waals surface area contributed by atoms with Crippen molar-refractivity contribution in [1.29, 1.82) is 0 Å². The lowest BCUT2D eigenvalue weighted by atomic mass is 10.4. The van der Waals surface area contributed by atoms with Crippen LogP contribution in [0, 0.1) is 0 Å². The van der Waals surface area contributed by atoms with E-state index in [-0.39, 0.29) is 11.6 Å². The molecule has 124 valence electrons. The smallest absolute Gasteiger partial charge is 0.329 e. The van der Waals surface area contributed by atoms with Crippen molar-refractivity contribution in [2.24, 2.45) is 7.05 Å². The molecule has 0 aliphatic rings. The Hall–Kier alpha value is -2.29. The Balaban J connectivity index is 2.65. The zero-order valence-electron chi connectivity index (χ0n) is 13.3. The number of H-pyrrole nitrogens is 1. The number of aromatic amines is 1. The van der Waals surface area contributed by atoms with Gasteiger partial charge >= 0.3 is 11.7 Å². The molecule has 0 bridgehead atoms. The third kappa shape index (κ3) is 3.24. The Bertz CT molecular complexity index is 877. The number of imidazole rings is 1. The fourth-order valence-electron chi connectivity index (χ4n) is 2.06. The second-order valence-corrected chi connectivity index (χ2v) is 6.16. The first-order valence-corrected chi connectivity index (χ1v) is 7.83. The molecule has 0 aliphatic heterocycles. The molecule has 0 aliphatic carbocycles. The van der Waals surface area contributed by atoms with Gasteiger partial charge < -0.3 is 9.30 Å². The number of hydrogen-bond donors (Lipinski definition) is 1. The van der Waals surface area contributed by atoms with Gasteiger partial charge in [-0.1, -0.05) is 23.9 Å². The maximum Gasteiger partial charge on any atom is 0.329 e. The number of allylic oxidation sites excluding steroid dienone is 2. The number of carbonyl (C=O) groups is 1. The number of nitrogens with one attached hydrogen (secondary N) is 1. The lowest BCUT2D eigenvalue weighted by Crippen LogP contribution is -2.29. The predicted octanol–water partition coefficient (Wildman–Crippen LogP) is 0.653. The van der Waals surface area contributed by atoms with E-state index in [1.807, 2.05) is 19.1 Å². The molecule has 0 saturated heterocycles. The van der Waals surface area contributed by atoms with E-state index in [0.717, 1.165) is 0 Å². The average molecular weight is 338 g/mol. The first-order chi connectivity index (χ1) is 10.9. The number of esters is 1. The summed E-state index contributed by atoms with van der Waals surface area (Å²) in [7, 11) is 2.85. The summed E-state index contributed by atoms with van der Waals surface area (Å²) >= 11 is 1.18. The molecule has 1 N–H and O–H groups in total. The van der Waals surface area contributed by atoms with Crippen LogP contribution in [0.25, 0.3) is 11.2 Å². The highest BCUT2D eigenvalue weighted by atomic mass is 32.2. The van der Waals surface area contributed by atoms with Crippen molar-refractivity contribution in [2.75, 3.05) is 7.11 Å². The number of aryl methyl sites for hydroxylation is 1. The van der Waals surface area contributed by atoms with Crippen molar-refractivity contribution in [3.05, 3.63) is 33.0 Å². The lowest BCUT2D eigenvalue weighted by molar-refractivity contribution is -0.139. The molecular weight excluding hydrogens is 320 g/mol. The van der Waals surface area contributed by atoms with Crippen LogP contribution in [0.5, 0.6) is 0 Å². The van der Waals surface area contributed by atoms with Gasteiger partial charge in [-0.25, -0.2) is 9.78 Å². The van der Waals surface area contributed by atoms with Gasteiger partial charge in [0.25, 0.3) is 5.56 Å². The van der Waals surface area contributed by atoms with Gasteiger partial charge in [0, 0.05) is 13.6 Å². The summed E-state index contributed by atoms with van der Waals surface area (Å²) in [5.74, 6) is -0.387. The zero-order chi connectivity index (χ0) is 17.1. The van der Waals surface area contributed by atoms with Crippen LogP contribution >= 0.6 is 11.8 Å². The average Bonchev–Trinajstić information content (AvgIpc) is 2.88. The molecular formula is C14H18N4O4S. The van der Waals surface area contributed by atoms with Crippen LogP contribution in [0.1, 0.15) is 13.8 Å². The van der Waals surface area contributed by atoms with E-state index in [2.05, 4.69) is 9.97 Å². The van der Waals surface area contributed by atoms with Gasteiger partial charge in [-0.05, 0) is 13.8 Å². The van der Waals surface area contributed by atoms with Gasteiger partial charge in [0.05, 0.1) is 7.11 Å². The number of thioether (sulfide) groups is 1. The van der Waals surface area contributed by atoms with E-state index in [1.54, 1.807) is 11.5 Å². The minimum atomic E-state index is -0.532. The van der Waals surface area contributed by atoms with E-state index in [9.17, 15) is 14.4 Å². The van der Waals surface area contributed by atoms with Crippen LogP contribution < -0.4 is 11.2 Å². The Morgan fingerprint density at radius 1 is 1.48 bits per heavy atom. The van der Waals surface area contributed by atoms with E-state index >= 15 is 0 Å². The lowest BCUT2D eigenvalue weighted by Gasteiger charge is -2.09. The summed E-state index contributed by atoms with van der Waals surface area (Å²) in [6, 6.07) is 0. The van der Waals surface area contributed by atoms with Crippen molar-refractivity contribution in [3.8, 4) is 0 Å². The zero-order valence-corrected chi connectivity index (χ0v) is 14.1. The molecule has 1 atom stereocenters. The minimum Gasteiger partial charge on any atom is -0.468 e. The predicted molar refractivity (Wildman–Crippen MR) is 87.7 cm³/mol. The molecule has 0 amide bonds. The molecule has 0 radical (unpaired) electrons. The van der Waals surface area contributed by atoms with Gasteiger partial charge in [0.1, 0.15) is 5.25 Å². The van der Waals surface area contributed by atoms with Gasteiger partial charge in [-0.2, -0.15) is 0 Å². The summed E-state index contributed by atoms with van der Waals surface area (Å²) in [5.41, 5.74) is -0.457. The monoisotopic (exact) mass is 338 g/mol. The third-order valence-electron chi connectivity index (χ3n) is 3.31. The number of nitrogens with zero attached hydrogens (tertiary/aromatic N) is 3. The van der Waals surface area contributed by atoms with Gasteiger partial charge in [-0.15, -0.1) is 0 Å². The molecule has 0 saturated carbocycles. The number of fused-ring (bicyclic) bond motifs is 1. The van der Waals surface area contributed by atoms with E-state index in [1.165, 1.54) is 30.5 Å². The van der Waals surface area contributed by atoms with Gasteiger partial charge in [0.15, 0.2) is 16.3 Å².